The molecule has 8 N–H and O–H groups in total. The first-order valence-electron chi connectivity index (χ1n) is 9.76. The second kappa shape index (κ2) is 11.5. The Kier molecular flexibility index (Phi) is 8.72. The van der Waals surface area contributed by atoms with Crippen LogP contribution in [0.5, 0.6) is 0 Å². The predicted octanol–water partition coefficient (Wildman–Crippen LogP) is -1.30. The number of aliphatic carboxylic acids is 2. The number of aromatic amines is 1. The summed E-state index contributed by atoms with van der Waals surface area (Å²) in [4.78, 5) is 60.7. The van der Waals surface area contributed by atoms with E-state index in [0.29, 0.717) is 0 Å². The minimum Gasteiger partial charge on any atom is -0.481 e. The molecule has 2 aromatic rings. The van der Waals surface area contributed by atoms with Gasteiger partial charge in [0.15, 0.2) is 0 Å². The van der Waals surface area contributed by atoms with Crippen LogP contribution in [0.3, 0.4) is 0 Å². The zero-order valence-corrected chi connectivity index (χ0v) is 17.1. The number of carboxylic acids is 2. The summed E-state index contributed by atoms with van der Waals surface area (Å²) >= 11 is 0. The quantitative estimate of drug-likeness (QED) is 0.208. The second-order valence-electron chi connectivity index (χ2n) is 7.06. The van der Waals surface area contributed by atoms with Crippen molar-refractivity contribution in [2.24, 2.45) is 5.73 Å². The minimum atomic E-state index is -1.22. The summed E-state index contributed by atoms with van der Waals surface area (Å²) < 4.78 is 0. The van der Waals surface area contributed by atoms with Crippen LogP contribution in [-0.2, 0) is 30.4 Å². The molecular weight excluding hydrogens is 422 g/mol. The summed E-state index contributed by atoms with van der Waals surface area (Å²) in [6.45, 7) is -0.956. The summed E-state index contributed by atoms with van der Waals surface area (Å²) in [7, 11) is 0. The van der Waals surface area contributed by atoms with Crippen LogP contribution < -0.4 is 21.7 Å². The van der Waals surface area contributed by atoms with Gasteiger partial charge in [-0.1, -0.05) is 18.2 Å². The van der Waals surface area contributed by atoms with Gasteiger partial charge in [-0.15, -0.1) is 0 Å². The zero-order valence-electron chi connectivity index (χ0n) is 17.1. The maximum Gasteiger partial charge on any atom is 0.326 e. The standard InChI is InChI=1S/C20H25N5O7/c21-13(5-6-18(28)29)19(30)24-9-16(26)23-10-17(27)25-15(20(31)32)7-11-8-22-14-4-2-1-3-12(11)14/h1-4,8,13,15,22H,5-7,9-10,21H2,(H,23,26)(H,24,30)(H,25,27)(H,28,29)(H,31,32). The number of para-hydroxylation sites is 1. The Bertz CT molecular complexity index is 1000. The van der Waals surface area contributed by atoms with Crippen molar-refractivity contribution in [1.82, 2.24) is 20.9 Å². The van der Waals surface area contributed by atoms with Gasteiger partial charge in [0, 0.05) is 29.9 Å². The monoisotopic (exact) mass is 447 g/mol. The summed E-state index contributed by atoms with van der Waals surface area (Å²) in [6, 6.07) is 5.06. The summed E-state index contributed by atoms with van der Waals surface area (Å²) in [5.41, 5.74) is 7.08. The number of fused-ring (bicyclic) bond motifs is 1. The third kappa shape index (κ3) is 7.40. The highest BCUT2D eigenvalue weighted by atomic mass is 16.4. The Morgan fingerprint density at radius 1 is 1.00 bits per heavy atom. The normalized spacial score (nSPS) is 12.5. The molecule has 1 aromatic carbocycles. The van der Waals surface area contributed by atoms with Crippen LogP contribution in [0.4, 0.5) is 0 Å². The fourth-order valence-corrected chi connectivity index (χ4v) is 2.92. The number of benzene rings is 1. The molecule has 12 nitrogen and oxygen atoms in total. The molecule has 0 fully saturated rings. The average molecular weight is 447 g/mol. The van der Waals surface area contributed by atoms with E-state index in [4.69, 9.17) is 10.8 Å². The van der Waals surface area contributed by atoms with E-state index in [0.717, 1.165) is 16.5 Å². The number of carboxylic acid groups (broad SMARTS) is 2. The van der Waals surface area contributed by atoms with Gasteiger partial charge in [-0.3, -0.25) is 19.2 Å². The number of amides is 3. The first kappa shape index (κ1) is 24.3. The lowest BCUT2D eigenvalue weighted by atomic mass is 10.1. The number of nitrogens with two attached hydrogens (primary N) is 1. The van der Waals surface area contributed by atoms with E-state index in [1.807, 2.05) is 24.3 Å². The Morgan fingerprint density at radius 2 is 1.69 bits per heavy atom. The number of hydrogen-bond donors (Lipinski definition) is 7. The largest absolute Gasteiger partial charge is 0.481 e. The number of nitrogens with one attached hydrogen (secondary N) is 4. The molecule has 0 saturated heterocycles. The number of carbonyl (C=O) groups is 5. The molecule has 12 heteroatoms. The number of rotatable bonds is 12. The Hall–Kier alpha value is -3.93. The van der Waals surface area contributed by atoms with Crippen LogP contribution in [0.25, 0.3) is 10.9 Å². The van der Waals surface area contributed by atoms with E-state index in [-0.39, 0.29) is 19.3 Å². The van der Waals surface area contributed by atoms with E-state index < -0.39 is 54.8 Å². The molecule has 1 aromatic heterocycles. The van der Waals surface area contributed by atoms with Gasteiger partial charge in [-0.2, -0.15) is 0 Å². The van der Waals surface area contributed by atoms with Gasteiger partial charge in [-0.05, 0) is 18.1 Å². The van der Waals surface area contributed by atoms with Gasteiger partial charge in [0.1, 0.15) is 6.04 Å². The lowest BCUT2D eigenvalue weighted by molar-refractivity contribution is -0.141. The summed E-state index contributed by atoms with van der Waals surface area (Å²) in [6.07, 6.45) is 1.35. The van der Waals surface area contributed by atoms with Crippen molar-refractivity contribution in [2.75, 3.05) is 13.1 Å². The van der Waals surface area contributed by atoms with Crippen molar-refractivity contribution in [3.63, 3.8) is 0 Å². The van der Waals surface area contributed by atoms with E-state index >= 15 is 0 Å². The van der Waals surface area contributed by atoms with Crippen LogP contribution in [0, 0.1) is 0 Å². The molecule has 0 spiro atoms. The van der Waals surface area contributed by atoms with Gasteiger partial charge in [0.05, 0.1) is 19.1 Å². The molecule has 0 radical (unpaired) electrons. The van der Waals surface area contributed by atoms with Gasteiger partial charge in [-0.25, -0.2) is 4.79 Å². The molecule has 2 unspecified atom stereocenters. The minimum absolute atomic E-state index is 0.0450. The average Bonchev–Trinajstić information content (AvgIpc) is 3.16. The lowest BCUT2D eigenvalue weighted by Gasteiger charge is -2.15. The molecule has 2 rings (SSSR count). The Morgan fingerprint density at radius 3 is 2.38 bits per heavy atom. The lowest BCUT2D eigenvalue weighted by Crippen LogP contribution is -2.49. The van der Waals surface area contributed by atoms with Gasteiger partial charge >= 0.3 is 11.9 Å². The summed E-state index contributed by atoms with van der Waals surface area (Å²) in [5, 5.41) is 25.7. The highest BCUT2D eigenvalue weighted by molar-refractivity contribution is 5.91. The van der Waals surface area contributed by atoms with E-state index in [2.05, 4.69) is 20.9 Å². The molecule has 32 heavy (non-hydrogen) atoms. The molecule has 0 saturated carbocycles. The molecular formula is C20H25N5O7. The maximum absolute atomic E-state index is 12.1. The first-order chi connectivity index (χ1) is 15.2. The molecule has 2 atom stereocenters. The number of aromatic nitrogens is 1. The van der Waals surface area contributed by atoms with Crippen molar-refractivity contribution < 1.29 is 34.2 Å². The van der Waals surface area contributed by atoms with Gasteiger partial charge < -0.3 is 36.9 Å². The predicted molar refractivity (Wildman–Crippen MR) is 112 cm³/mol. The molecule has 3 amide bonds. The third-order valence-corrected chi connectivity index (χ3v) is 4.61. The van der Waals surface area contributed by atoms with Crippen molar-refractivity contribution in [3.05, 3.63) is 36.0 Å². The second-order valence-corrected chi connectivity index (χ2v) is 7.06. The highest BCUT2D eigenvalue weighted by Crippen LogP contribution is 2.19. The third-order valence-electron chi connectivity index (χ3n) is 4.61. The molecule has 1 heterocycles. The maximum atomic E-state index is 12.1. The van der Waals surface area contributed by atoms with Crippen LogP contribution in [0.1, 0.15) is 18.4 Å². The number of carbonyl (C=O) groups excluding carboxylic acids is 3. The SMILES string of the molecule is NC(CCC(=O)O)C(=O)NCC(=O)NCC(=O)NC(Cc1c[nH]c2ccccc12)C(=O)O. The van der Waals surface area contributed by atoms with Crippen molar-refractivity contribution in [2.45, 2.75) is 31.3 Å². The van der Waals surface area contributed by atoms with Crippen LogP contribution in [0.15, 0.2) is 30.5 Å². The van der Waals surface area contributed by atoms with Gasteiger partial charge in [0.2, 0.25) is 17.7 Å². The first-order valence-corrected chi connectivity index (χ1v) is 9.76. The van der Waals surface area contributed by atoms with Crippen molar-refractivity contribution >= 4 is 40.6 Å². The smallest absolute Gasteiger partial charge is 0.326 e. The summed E-state index contributed by atoms with van der Waals surface area (Å²) in [5.74, 6) is -4.42. The van der Waals surface area contributed by atoms with E-state index in [1.165, 1.54) is 0 Å². The topological polar surface area (TPSA) is 204 Å². The molecule has 0 bridgehead atoms. The number of hydrogen-bond acceptors (Lipinski definition) is 6. The van der Waals surface area contributed by atoms with E-state index in [1.54, 1.807) is 6.20 Å². The number of H-pyrrole nitrogens is 1. The highest BCUT2D eigenvalue weighted by Gasteiger charge is 2.22. The fraction of sp³-hybridized carbons (Fsp3) is 0.350. The van der Waals surface area contributed by atoms with E-state index in [9.17, 15) is 29.1 Å². The fourth-order valence-electron chi connectivity index (χ4n) is 2.92. The van der Waals surface area contributed by atoms with Crippen LogP contribution in [0.2, 0.25) is 0 Å². The van der Waals surface area contributed by atoms with Crippen molar-refractivity contribution in [1.29, 1.82) is 0 Å². The molecule has 0 aliphatic rings. The Balaban J connectivity index is 1.78. The van der Waals surface area contributed by atoms with Crippen LogP contribution in [-0.4, -0.2) is 70.0 Å². The van der Waals surface area contributed by atoms with Crippen LogP contribution >= 0.6 is 0 Å². The Labute approximate surface area is 182 Å². The van der Waals surface area contributed by atoms with Gasteiger partial charge in [0.25, 0.3) is 0 Å². The molecule has 0 aliphatic heterocycles. The zero-order chi connectivity index (χ0) is 23.7. The van der Waals surface area contributed by atoms with Crippen molar-refractivity contribution in [3.8, 4) is 0 Å². The molecule has 0 aliphatic carbocycles. The molecule has 172 valence electrons.